The third kappa shape index (κ3) is 1.59. The standard InChI is InChI=1S/C9H16O/c1-3-8(2)6-9(7-10)4-5-9/h7-8H,3-6H2,1-2H3. The topological polar surface area (TPSA) is 17.1 Å². The van der Waals surface area contributed by atoms with E-state index in [1.807, 2.05) is 0 Å². The quantitative estimate of drug-likeness (QED) is 0.548. The summed E-state index contributed by atoms with van der Waals surface area (Å²) in [6, 6.07) is 0. The Labute approximate surface area is 62.8 Å². The van der Waals surface area contributed by atoms with E-state index in [1.165, 1.54) is 12.7 Å². The smallest absolute Gasteiger partial charge is 0.126 e. The number of aldehydes is 1. The zero-order valence-corrected chi connectivity index (χ0v) is 6.89. The lowest BCUT2D eigenvalue weighted by molar-refractivity contribution is -0.112. The molecule has 0 spiro atoms. The molecule has 1 unspecified atom stereocenters. The normalized spacial score (nSPS) is 23.8. The highest BCUT2D eigenvalue weighted by molar-refractivity contribution is 5.63. The molecule has 0 aliphatic heterocycles. The zero-order valence-electron chi connectivity index (χ0n) is 6.89. The van der Waals surface area contributed by atoms with Gasteiger partial charge in [-0.25, -0.2) is 0 Å². The molecule has 1 saturated carbocycles. The first-order valence-corrected chi connectivity index (χ1v) is 4.19. The van der Waals surface area contributed by atoms with Crippen LogP contribution < -0.4 is 0 Å². The van der Waals surface area contributed by atoms with Crippen molar-refractivity contribution in [3.8, 4) is 0 Å². The van der Waals surface area contributed by atoms with E-state index in [1.54, 1.807) is 0 Å². The molecule has 0 aromatic carbocycles. The van der Waals surface area contributed by atoms with Crippen LogP contribution in [0, 0.1) is 11.3 Å². The molecular formula is C9H16O. The van der Waals surface area contributed by atoms with Crippen molar-refractivity contribution in [3.05, 3.63) is 0 Å². The van der Waals surface area contributed by atoms with Crippen molar-refractivity contribution >= 4 is 6.29 Å². The molecule has 10 heavy (non-hydrogen) atoms. The van der Waals surface area contributed by atoms with Crippen LogP contribution in [0.5, 0.6) is 0 Å². The fourth-order valence-electron chi connectivity index (χ4n) is 1.37. The van der Waals surface area contributed by atoms with Crippen LogP contribution in [-0.2, 0) is 4.79 Å². The van der Waals surface area contributed by atoms with Gasteiger partial charge in [-0.15, -0.1) is 0 Å². The SMILES string of the molecule is CCC(C)CC1(C=O)CC1. The van der Waals surface area contributed by atoms with E-state index in [0.29, 0.717) is 0 Å². The molecule has 1 heteroatoms. The van der Waals surface area contributed by atoms with E-state index in [9.17, 15) is 4.79 Å². The minimum atomic E-state index is 0.134. The highest BCUT2D eigenvalue weighted by atomic mass is 16.1. The van der Waals surface area contributed by atoms with Gasteiger partial charge in [-0.05, 0) is 25.2 Å². The van der Waals surface area contributed by atoms with Gasteiger partial charge in [-0.3, -0.25) is 0 Å². The molecule has 1 rings (SSSR count). The van der Waals surface area contributed by atoms with Crippen LogP contribution in [0.15, 0.2) is 0 Å². The van der Waals surface area contributed by atoms with E-state index in [-0.39, 0.29) is 5.41 Å². The summed E-state index contributed by atoms with van der Waals surface area (Å²) in [7, 11) is 0. The van der Waals surface area contributed by atoms with Crippen LogP contribution in [0.4, 0.5) is 0 Å². The molecule has 1 nitrogen and oxygen atoms in total. The van der Waals surface area contributed by atoms with Crippen molar-refractivity contribution in [3.63, 3.8) is 0 Å². The van der Waals surface area contributed by atoms with Crippen molar-refractivity contribution < 1.29 is 4.79 Å². The van der Waals surface area contributed by atoms with Gasteiger partial charge in [0.05, 0.1) is 0 Å². The average Bonchev–Trinajstić information content (AvgIpc) is 2.70. The maximum atomic E-state index is 10.5. The first kappa shape index (κ1) is 7.77. The van der Waals surface area contributed by atoms with Crippen LogP contribution in [0.2, 0.25) is 0 Å². The molecule has 0 aromatic heterocycles. The summed E-state index contributed by atoms with van der Waals surface area (Å²) in [6.45, 7) is 4.41. The summed E-state index contributed by atoms with van der Waals surface area (Å²) in [5.41, 5.74) is 0.134. The van der Waals surface area contributed by atoms with E-state index in [2.05, 4.69) is 13.8 Å². The fraction of sp³-hybridized carbons (Fsp3) is 0.889. The van der Waals surface area contributed by atoms with Crippen LogP contribution in [0.3, 0.4) is 0 Å². The van der Waals surface area contributed by atoms with Crippen molar-refractivity contribution in [2.45, 2.75) is 39.5 Å². The Morgan fingerprint density at radius 3 is 2.50 bits per heavy atom. The summed E-state index contributed by atoms with van der Waals surface area (Å²) in [5, 5.41) is 0. The number of rotatable bonds is 4. The lowest BCUT2D eigenvalue weighted by Crippen LogP contribution is -2.07. The number of carbonyl (C=O) groups is 1. The molecule has 0 saturated heterocycles. The molecule has 1 aliphatic rings. The second kappa shape index (κ2) is 2.73. The summed E-state index contributed by atoms with van der Waals surface area (Å²) < 4.78 is 0. The second-order valence-electron chi connectivity index (χ2n) is 3.70. The maximum absolute atomic E-state index is 10.5. The van der Waals surface area contributed by atoms with Crippen LogP contribution in [-0.4, -0.2) is 6.29 Å². The summed E-state index contributed by atoms with van der Waals surface area (Å²) in [4.78, 5) is 10.5. The summed E-state index contributed by atoms with van der Waals surface area (Å²) in [6.07, 6.45) is 5.77. The van der Waals surface area contributed by atoms with Gasteiger partial charge in [0.25, 0.3) is 0 Å². The lowest BCUT2D eigenvalue weighted by atomic mass is 9.93. The molecular weight excluding hydrogens is 124 g/mol. The first-order valence-electron chi connectivity index (χ1n) is 4.19. The second-order valence-corrected chi connectivity index (χ2v) is 3.70. The van der Waals surface area contributed by atoms with Crippen molar-refractivity contribution in [2.75, 3.05) is 0 Å². The highest BCUT2D eigenvalue weighted by Crippen LogP contribution is 2.48. The van der Waals surface area contributed by atoms with Gasteiger partial charge in [0, 0.05) is 5.41 Å². The van der Waals surface area contributed by atoms with Gasteiger partial charge in [-0.2, -0.15) is 0 Å². The molecule has 0 heterocycles. The number of carbonyl (C=O) groups excluding carboxylic acids is 1. The summed E-state index contributed by atoms with van der Waals surface area (Å²) in [5.74, 6) is 0.729. The van der Waals surface area contributed by atoms with E-state index >= 15 is 0 Å². The van der Waals surface area contributed by atoms with Crippen molar-refractivity contribution in [1.82, 2.24) is 0 Å². The molecule has 0 amide bonds. The Morgan fingerprint density at radius 2 is 2.20 bits per heavy atom. The minimum Gasteiger partial charge on any atom is -0.303 e. The van der Waals surface area contributed by atoms with Gasteiger partial charge in [0.2, 0.25) is 0 Å². The first-order chi connectivity index (χ1) is 4.72. The van der Waals surface area contributed by atoms with E-state index < -0.39 is 0 Å². The van der Waals surface area contributed by atoms with Gasteiger partial charge < -0.3 is 4.79 Å². The van der Waals surface area contributed by atoms with E-state index in [0.717, 1.165) is 25.2 Å². The molecule has 58 valence electrons. The Hall–Kier alpha value is -0.330. The van der Waals surface area contributed by atoms with E-state index in [4.69, 9.17) is 0 Å². The maximum Gasteiger partial charge on any atom is 0.126 e. The number of hydrogen-bond acceptors (Lipinski definition) is 1. The van der Waals surface area contributed by atoms with Gasteiger partial charge in [-0.1, -0.05) is 20.3 Å². The van der Waals surface area contributed by atoms with Crippen molar-refractivity contribution in [1.29, 1.82) is 0 Å². The predicted molar refractivity (Wildman–Crippen MR) is 41.8 cm³/mol. The van der Waals surface area contributed by atoms with Crippen LogP contribution in [0.1, 0.15) is 39.5 Å². The molecule has 0 aromatic rings. The molecule has 1 fully saturated rings. The predicted octanol–water partition coefficient (Wildman–Crippen LogP) is 2.40. The Balaban J connectivity index is 2.30. The monoisotopic (exact) mass is 140 g/mol. The molecule has 0 radical (unpaired) electrons. The fourth-order valence-corrected chi connectivity index (χ4v) is 1.37. The molecule has 0 N–H and O–H groups in total. The molecule has 1 atom stereocenters. The Bertz CT molecular complexity index is 125. The lowest BCUT2D eigenvalue weighted by Gasteiger charge is -2.11. The Kier molecular flexibility index (Phi) is 2.12. The zero-order chi connectivity index (χ0) is 7.61. The van der Waals surface area contributed by atoms with Gasteiger partial charge in [0.15, 0.2) is 0 Å². The van der Waals surface area contributed by atoms with Crippen LogP contribution >= 0.6 is 0 Å². The largest absolute Gasteiger partial charge is 0.303 e. The average molecular weight is 140 g/mol. The van der Waals surface area contributed by atoms with Crippen LogP contribution in [0.25, 0.3) is 0 Å². The highest BCUT2D eigenvalue weighted by Gasteiger charge is 2.42. The van der Waals surface area contributed by atoms with Gasteiger partial charge >= 0.3 is 0 Å². The summed E-state index contributed by atoms with van der Waals surface area (Å²) >= 11 is 0. The molecule has 0 bridgehead atoms. The minimum absolute atomic E-state index is 0.134. The third-order valence-corrected chi connectivity index (χ3v) is 2.59. The Morgan fingerprint density at radius 1 is 1.60 bits per heavy atom. The molecule has 1 aliphatic carbocycles. The van der Waals surface area contributed by atoms with Crippen molar-refractivity contribution in [2.24, 2.45) is 11.3 Å². The van der Waals surface area contributed by atoms with Gasteiger partial charge in [0.1, 0.15) is 6.29 Å². The number of hydrogen-bond donors (Lipinski definition) is 0. The third-order valence-electron chi connectivity index (χ3n) is 2.59.